The molecule has 0 atom stereocenters. The van der Waals surface area contributed by atoms with Gasteiger partial charge >= 0.3 is 6.09 Å². The van der Waals surface area contributed by atoms with Crippen molar-refractivity contribution in [3.63, 3.8) is 0 Å². The molecule has 0 spiro atoms. The van der Waals surface area contributed by atoms with Crippen molar-refractivity contribution in [2.24, 2.45) is 5.92 Å². The molecule has 1 saturated heterocycles. The highest BCUT2D eigenvalue weighted by atomic mass is 16.5. The molecule has 0 saturated carbocycles. The van der Waals surface area contributed by atoms with E-state index in [1.807, 2.05) is 18.2 Å². The zero-order chi connectivity index (χ0) is 17.4. The van der Waals surface area contributed by atoms with Crippen LogP contribution in [0.5, 0.6) is 5.75 Å². The summed E-state index contributed by atoms with van der Waals surface area (Å²) in [6.07, 6.45) is -0.323. The molecule has 1 amide bonds. The third-order valence-corrected chi connectivity index (χ3v) is 4.09. The van der Waals surface area contributed by atoms with Crippen LogP contribution in [0.4, 0.5) is 10.5 Å². The SMILES string of the molecule is COc1ccccc1N1CCN(CCOC(=O)NCC(C)C)CC1. The number of hydrogen-bond donors (Lipinski definition) is 1. The van der Waals surface area contributed by atoms with E-state index in [1.54, 1.807) is 7.11 Å². The van der Waals surface area contributed by atoms with Crippen LogP contribution < -0.4 is 15.0 Å². The molecule has 1 aliphatic heterocycles. The molecular formula is C18H29N3O3. The Bertz CT molecular complexity index is 514. The largest absolute Gasteiger partial charge is 0.495 e. The van der Waals surface area contributed by atoms with Crippen molar-refractivity contribution in [1.82, 2.24) is 10.2 Å². The van der Waals surface area contributed by atoms with E-state index in [0.29, 0.717) is 19.1 Å². The molecule has 1 heterocycles. The number of amides is 1. The van der Waals surface area contributed by atoms with Gasteiger partial charge in [-0.25, -0.2) is 4.79 Å². The number of hydrogen-bond acceptors (Lipinski definition) is 5. The molecule has 2 rings (SSSR count). The number of carbonyl (C=O) groups excluding carboxylic acids is 1. The molecule has 24 heavy (non-hydrogen) atoms. The Kier molecular flexibility index (Phi) is 7.18. The van der Waals surface area contributed by atoms with Crippen molar-refractivity contribution in [1.29, 1.82) is 0 Å². The van der Waals surface area contributed by atoms with E-state index < -0.39 is 0 Å². The Hall–Kier alpha value is -1.95. The average Bonchev–Trinajstić information content (AvgIpc) is 2.60. The molecule has 0 aliphatic carbocycles. The number of anilines is 1. The fraction of sp³-hybridized carbons (Fsp3) is 0.611. The average molecular weight is 335 g/mol. The summed E-state index contributed by atoms with van der Waals surface area (Å²) in [7, 11) is 1.71. The molecule has 1 fully saturated rings. The molecule has 134 valence electrons. The number of methoxy groups -OCH3 is 1. The molecule has 1 N–H and O–H groups in total. The highest BCUT2D eigenvalue weighted by Crippen LogP contribution is 2.28. The van der Waals surface area contributed by atoms with Crippen molar-refractivity contribution in [2.75, 3.05) is 57.9 Å². The summed E-state index contributed by atoms with van der Waals surface area (Å²) in [4.78, 5) is 16.2. The number of piperazine rings is 1. The van der Waals surface area contributed by atoms with Crippen molar-refractivity contribution < 1.29 is 14.3 Å². The first kappa shape index (κ1) is 18.4. The van der Waals surface area contributed by atoms with Gasteiger partial charge in [-0.3, -0.25) is 4.90 Å². The van der Waals surface area contributed by atoms with Gasteiger partial charge in [-0.05, 0) is 18.1 Å². The Morgan fingerprint density at radius 3 is 2.58 bits per heavy atom. The lowest BCUT2D eigenvalue weighted by atomic mass is 10.2. The second-order valence-corrected chi connectivity index (χ2v) is 6.41. The Morgan fingerprint density at radius 2 is 1.92 bits per heavy atom. The van der Waals surface area contributed by atoms with Crippen LogP contribution in [0.2, 0.25) is 0 Å². The first-order chi connectivity index (χ1) is 11.6. The summed E-state index contributed by atoms with van der Waals surface area (Å²) in [6, 6.07) is 8.11. The number of nitrogens with zero attached hydrogens (tertiary/aromatic N) is 2. The Balaban J connectivity index is 1.69. The number of para-hydroxylation sites is 2. The van der Waals surface area contributed by atoms with Crippen LogP contribution in [0.1, 0.15) is 13.8 Å². The fourth-order valence-corrected chi connectivity index (χ4v) is 2.71. The number of rotatable bonds is 7. The quantitative estimate of drug-likeness (QED) is 0.828. The van der Waals surface area contributed by atoms with Crippen LogP contribution in [-0.2, 0) is 4.74 Å². The second-order valence-electron chi connectivity index (χ2n) is 6.41. The van der Waals surface area contributed by atoms with E-state index in [2.05, 4.69) is 35.0 Å². The topological polar surface area (TPSA) is 54.0 Å². The third kappa shape index (κ3) is 5.60. The maximum atomic E-state index is 11.5. The van der Waals surface area contributed by atoms with Crippen LogP contribution in [0.15, 0.2) is 24.3 Å². The smallest absolute Gasteiger partial charge is 0.407 e. The van der Waals surface area contributed by atoms with E-state index in [0.717, 1.165) is 44.2 Å². The van der Waals surface area contributed by atoms with Crippen LogP contribution in [0, 0.1) is 5.92 Å². The molecule has 1 aliphatic rings. The molecule has 6 heteroatoms. The minimum atomic E-state index is -0.323. The molecule has 0 radical (unpaired) electrons. The molecule has 0 unspecified atom stereocenters. The van der Waals surface area contributed by atoms with Gasteiger partial charge in [-0.1, -0.05) is 26.0 Å². The van der Waals surface area contributed by atoms with Crippen molar-refractivity contribution >= 4 is 11.8 Å². The molecule has 1 aromatic rings. The Morgan fingerprint density at radius 1 is 1.21 bits per heavy atom. The summed E-state index contributed by atoms with van der Waals surface area (Å²) in [5, 5.41) is 2.76. The lowest BCUT2D eigenvalue weighted by Gasteiger charge is -2.36. The van der Waals surface area contributed by atoms with Gasteiger partial charge in [0.2, 0.25) is 0 Å². The summed E-state index contributed by atoms with van der Waals surface area (Å²) < 4.78 is 10.7. The minimum Gasteiger partial charge on any atom is -0.495 e. The van der Waals surface area contributed by atoms with Crippen molar-refractivity contribution in [3.8, 4) is 5.75 Å². The van der Waals surface area contributed by atoms with Gasteiger partial charge in [0.25, 0.3) is 0 Å². The summed E-state index contributed by atoms with van der Waals surface area (Å²) in [5.41, 5.74) is 1.14. The van der Waals surface area contributed by atoms with Gasteiger partial charge in [0.05, 0.1) is 12.8 Å². The normalized spacial score (nSPS) is 15.4. The molecule has 1 aromatic carbocycles. The van der Waals surface area contributed by atoms with E-state index in [9.17, 15) is 4.79 Å². The number of nitrogens with one attached hydrogen (secondary N) is 1. The van der Waals surface area contributed by atoms with E-state index in [1.165, 1.54) is 0 Å². The Labute approximate surface area is 144 Å². The lowest BCUT2D eigenvalue weighted by Crippen LogP contribution is -2.47. The molecular weight excluding hydrogens is 306 g/mol. The predicted molar refractivity (Wildman–Crippen MR) is 95.8 cm³/mol. The van der Waals surface area contributed by atoms with Crippen LogP contribution in [0.25, 0.3) is 0 Å². The zero-order valence-electron chi connectivity index (χ0n) is 15.0. The minimum absolute atomic E-state index is 0.323. The van der Waals surface area contributed by atoms with Gasteiger partial charge < -0.3 is 19.7 Å². The summed E-state index contributed by atoms with van der Waals surface area (Å²) >= 11 is 0. The van der Waals surface area contributed by atoms with Gasteiger partial charge in [0.15, 0.2) is 0 Å². The van der Waals surface area contributed by atoms with E-state index >= 15 is 0 Å². The maximum absolute atomic E-state index is 11.5. The maximum Gasteiger partial charge on any atom is 0.407 e. The summed E-state index contributed by atoms with van der Waals surface area (Å²) in [6.45, 7) is 9.76. The molecule has 6 nitrogen and oxygen atoms in total. The fourth-order valence-electron chi connectivity index (χ4n) is 2.71. The van der Waals surface area contributed by atoms with Crippen molar-refractivity contribution in [3.05, 3.63) is 24.3 Å². The highest BCUT2D eigenvalue weighted by Gasteiger charge is 2.19. The van der Waals surface area contributed by atoms with Gasteiger partial charge in [-0.15, -0.1) is 0 Å². The van der Waals surface area contributed by atoms with Crippen molar-refractivity contribution in [2.45, 2.75) is 13.8 Å². The first-order valence-corrected chi connectivity index (χ1v) is 8.61. The second kappa shape index (κ2) is 9.37. The monoisotopic (exact) mass is 335 g/mol. The van der Waals surface area contributed by atoms with Crippen LogP contribution in [-0.4, -0.2) is 64.0 Å². The number of benzene rings is 1. The zero-order valence-corrected chi connectivity index (χ0v) is 15.0. The van der Waals surface area contributed by atoms with Crippen LogP contribution in [0.3, 0.4) is 0 Å². The number of ether oxygens (including phenoxy) is 2. The van der Waals surface area contributed by atoms with E-state index in [4.69, 9.17) is 9.47 Å². The van der Waals surface area contributed by atoms with Crippen LogP contribution >= 0.6 is 0 Å². The highest BCUT2D eigenvalue weighted by molar-refractivity contribution is 5.67. The molecule has 0 bridgehead atoms. The van der Waals surface area contributed by atoms with E-state index in [-0.39, 0.29) is 6.09 Å². The first-order valence-electron chi connectivity index (χ1n) is 8.61. The predicted octanol–water partition coefficient (Wildman–Crippen LogP) is 2.20. The van der Waals surface area contributed by atoms with Gasteiger partial charge in [-0.2, -0.15) is 0 Å². The number of alkyl carbamates (subject to hydrolysis) is 1. The molecule has 0 aromatic heterocycles. The van der Waals surface area contributed by atoms with Gasteiger partial charge in [0, 0.05) is 39.3 Å². The summed E-state index contributed by atoms with van der Waals surface area (Å²) in [5.74, 6) is 1.34. The standard InChI is InChI=1S/C18H29N3O3/c1-15(2)14-19-18(22)24-13-12-20-8-10-21(11-9-20)16-6-4-5-7-17(16)23-3/h4-7,15H,8-14H2,1-3H3,(H,19,22). The van der Waals surface area contributed by atoms with Gasteiger partial charge in [0.1, 0.15) is 12.4 Å². The lowest BCUT2D eigenvalue weighted by molar-refractivity contribution is 0.124. The number of carbonyl (C=O) groups is 1. The third-order valence-electron chi connectivity index (χ3n) is 4.09.